The van der Waals surface area contributed by atoms with Crippen molar-refractivity contribution in [2.24, 2.45) is 0 Å². The fourth-order valence-electron chi connectivity index (χ4n) is 4.27. The minimum Gasteiger partial charge on any atom is -0.342 e. The lowest BCUT2D eigenvalue weighted by Gasteiger charge is -2.35. The van der Waals surface area contributed by atoms with Gasteiger partial charge in [-0.15, -0.1) is 11.8 Å². The molecule has 1 aliphatic rings. The van der Waals surface area contributed by atoms with Crippen molar-refractivity contribution >= 4 is 28.6 Å². The summed E-state index contributed by atoms with van der Waals surface area (Å²) >= 11 is 1.61. The number of thioether (sulfide) groups is 1. The number of carbonyl (C=O) groups excluding carboxylic acids is 1. The Morgan fingerprint density at radius 3 is 2.86 bits per heavy atom. The Morgan fingerprint density at radius 2 is 2.03 bits per heavy atom. The van der Waals surface area contributed by atoms with Crippen LogP contribution in [0.15, 0.2) is 59.6 Å². The zero-order valence-electron chi connectivity index (χ0n) is 16.8. The smallest absolute Gasteiger partial charge is 0.233 e. The van der Waals surface area contributed by atoms with E-state index in [1.165, 1.54) is 12.5 Å². The number of piperidine rings is 1. The van der Waals surface area contributed by atoms with Crippen molar-refractivity contribution in [2.75, 3.05) is 12.3 Å². The molecule has 3 aromatic rings. The first kappa shape index (κ1) is 20.0. The summed E-state index contributed by atoms with van der Waals surface area (Å²) in [6.45, 7) is 3.67. The number of hydrogen-bond donors (Lipinski definition) is 0. The first-order chi connectivity index (χ1) is 14.2. The van der Waals surface area contributed by atoms with Crippen LogP contribution in [0.5, 0.6) is 0 Å². The van der Waals surface area contributed by atoms with E-state index in [1.54, 1.807) is 23.9 Å². The van der Waals surface area contributed by atoms with Gasteiger partial charge in [-0.1, -0.05) is 37.3 Å². The van der Waals surface area contributed by atoms with Crippen molar-refractivity contribution in [1.29, 1.82) is 0 Å². The molecule has 152 valence electrons. The molecule has 0 aliphatic carbocycles. The highest BCUT2D eigenvalue weighted by atomic mass is 32.2. The summed E-state index contributed by atoms with van der Waals surface area (Å²) in [5.74, 6) is 0.486. The molecule has 2 heterocycles. The van der Waals surface area contributed by atoms with Gasteiger partial charge >= 0.3 is 0 Å². The quantitative estimate of drug-likeness (QED) is 0.486. The van der Waals surface area contributed by atoms with Crippen molar-refractivity contribution in [1.82, 2.24) is 9.47 Å². The third-order valence-electron chi connectivity index (χ3n) is 5.76. The molecule has 1 aliphatic heterocycles. The van der Waals surface area contributed by atoms with Gasteiger partial charge in [-0.25, -0.2) is 4.39 Å². The van der Waals surface area contributed by atoms with Crippen LogP contribution >= 0.6 is 11.8 Å². The molecule has 1 amide bonds. The molecule has 0 radical (unpaired) electrons. The van der Waals surface area contributed by atoms with Gasteiger partial charge in [0.2, 0.25) is 5.91 Å². The number of hydrogen-bond acceptors (Lipinski definition) is 2. The van der Waals surface area contributed by atoms with Gasteiger partial charge in [-0.05, 0) is 49.4 Å². The molecule has 1 saturated heterocycles. The van der Waals surface area contributed by atoms with E-state index in [0.717, 1.165) is 47.2 Å². The lowest BCUT2D eigenvalue weighted by molar-refractivity contribution is -0.132. The number of benzene rings is 2. The zero-order chi connectivity index (χ0) is 20.2. The van der Waals surface area contributed by atoms with Gasteiger partial charge < -0.3 is 9.47 Å². The highest BCUT2D eigenvalue weighted by Gasteiger charge is 2.25. The summed E-state index contributed by atoms with van der Waals surface area (Å²) in [7, 11) is 0. The average molecular weight is 411 g/mol. The summed E-state index contributed by atoms with van der Waals surface area (Å²) in [6, 6.07) is 15.3. The number of para-hydroxylation sites is 1. The number of aromatic nitrogens is 1. The minimum atomic E-state index is -0.217. The molecule has 1 atom stereocenters. The number of carbonyl (C=O) groups is 1. The number of fused-ring (bicyclic) bond motifs is 1. The molecular formula is C24H27FN2OS. The zero-order valence-corrected chi connectivity index (χ0v) is 17.6. The molecular weight excluding hydrogens is 383 g/mol. The average Bonchev–Trinajstić information content (AvgIpc) is 3.09. The number of nitrogens with zero attached hydrogens (tertiary/aromatic N) is 2. The van der Waals surface area contributed by atoms with Gasteiger partial charge in [0, 0.05) is 41.1 Å². The van der Waals surface area contributed by atoms with E-state index < -0.39 is 0 Å². The van der Waals surface area contributed by atoms with Crippen LogP contribution < -0.4 is 0 Å². The maximum atomic E-state index is 13.6. The van der Waals surface area contributed by atoms with Crippen LogP contribution in [-0.2, 0) is 11.3 Å². The van der Waals surface area contributed by atoms with Crippen molar-refractivity contribution in [3.63, 3.8) is 0 Å². The first-order valence-electron chi connectivity index (χ1n) is 10.4. The Balaban J connectivity index is 1.52. The van der Waals surface area contributed by atoms with Gasteiger partial charge in [0.1, 0.15) is 5.82 Å². The SMILES string of the molecule is CC[C@@H]1CCCCN1C(=O)CSc1cn(Cc2cccc(F)c2)c2ccccc12. The number of rotatable bonds is 6. The van der Waals surface area contributed by atoms with Crippen LogP contribution in [-0.4, -0.2) is 33.7 Å². The van der Waals surface area contributed by atoms with E-state index in [1.807, 2.05) is 18.2 Å². The van der Waals surface area contributed by atoms with E-state index in [4.69, 9.17) is 0 Å². The summed E-state index contributed by atoms with van der Waals surface area (Å²) in [5.41, 5.74) is 2.04. The standard InChI is InChI=1S/C24H27FN2OS/c1-2-20-10-5-6-13-27(20)24(28)17-29-23-16-26(22-12-4-3-11-21(22)23)15-18-8-7-9-19(25)14-18/h3-4,7-9,11-12,14,16,20H,2,5-6,10,13,15,17H2,1H3/t20-/m1/s1. The van der Waals surface area contributed by atoms with Gasteiger partial charge in [-0.2, -0.15) is 0 Å². The van der Waals surface area contributed by atoms with E-state index in [2.05, 4.69) is 34.7 Å². The molecule has 0 spiro atoms. The molecule has 0 bridgehead atoms. The maximum Gasteiger partial charge on any atom is 0.233 e. The van der Waals surface area contributed by atoms with E-state index in [-0.39, 0.29) is 11.7 Å². The van der Waals surface area contributed by atoms with Crippen molar-refractivity contribution < 1.29 is 9.18 Å². The largest absolute Gasteiger partial charge is 0.342 e. The van der Waals surface area contributed by atoms with Gasteiger partial charge in [0.05, 0.1) is 5.75 Å². The Hall–Kier alpha value is -2.27. The molecule has 29 heavy (non-hydrogen) atoms. The summed E-state index contributed by atoms with van der Waals surface area (Å²) in [5, 5.41) is 1.15. The summed E-state index contributed by atoms with van der Waals surface area (Å²) < 4.78 is 15.7. The summed E-state index contributed by atoms with van der Waals surface area (Å²) in [6.07, 6.45) is 6.59. The predicted octanol–water partition coefficient (Wildman–Crippen LogP) is 5.71. The van der Waals surface area contributed by atoms with Crippen molar-refractivity contribution in [3.05, 3.63) is 66.1 Å². The molecule has 3 nitrogen and oxygen atoms in total. The molecule has 2 aromatic carbocycles. The normalized spacial score (nSPS) is 17.0. The third-order valence-corrected chi connectivity index (χ3v) is 6.79. The lowest BCUT2D eigenvalue weighted by Crippen LogP contribution is -2.44. The van der Waals surface area contributed by atoms with Crippen LogP contribution in [0.25, 0.3) is 10.9 Å². The van der Waals surface area contributed by atoms with E-state index in [9.17, 15) is 9.18 Å². The van der Waals surface area contributed by atoms with Crippen molar-refractivity contribution in [3.8, 4) is 0 Å². The van der Waals surface area contributed by atoms with Gasteiger partial charge in [-0.3, -0.25) is 4.79 Å². The topological polar surface area (TPSA) is 25.2 Å². The molecule has 4 rings (SSSR count). The highest BCUT2D eigenvalue weighted by Crippen LogP contribution is 2.31. The van der Waals surface area contributed by atoms with Crippen LogP contribution in [0, 0.1) is 5.82 Å². The third kappa shape index (κ3) is 4.50. The predicted molar refractivity (Wildman–Crippen MR) is 118 cm³/mol. The van der Waals surface area contributed by atoms with Gasteiger partial charge in [0.15, 0.2) is 0 Å². The van der Waals surface area contributed by atoms with Crippen LogP contribution in [0.4, 0.5) is 4.39 Å². The molecule has 0 saturated carbocycles. The number of likely N-dealkylation sites (tertiary alicyclic amines) is 1. The fraction of sp³-hybridized carbons (Fsp3) is 0.375. The molecule has 0 unspecified atom stereocenters. The molecule has 0 N–H and O–H groups in total. The maximum absolute atomic E-state index is 13.6. The van der Waals surface area contributed by atoms with Crippen LogP contribution in [0.2, 0.25) is 0 Å². The lowest BCUT2D eigenvalue weighted by atomic mass is 10.0. The Kier molecular flexibility index (Phi) is 6.24. The monoisotopic (exact) mass is 410 g/mol. The first-order valence-corrected chi connectivity index (χ1v) is 11.4. The van der Waals surface area contributed by atoms with Gasteiger partial charge in [0.25, 0.3) is 0 Å². The van der Waals surface area contributed by atoms with Crippen LogP contribution in [0.3, 0.4) is 0 Å². The van der Waals surface area contributed by atoms with E-state index in [0.29, 0.717) is 18.3 Å². The van der Waals surface area contributed by atoms with Crippen molar-refractivity contribution in [2.45, 2.75) is 50.1 Å². The Bertz CT molecular complexity index is 999. The highest BCUT2D eigenvalue weighted by molar-refractivity contribution is 8.00. The second-order valence-electron chi connectivity index (χ2n) is 7.70. The second-order valence-corrected chi connectivity index (χ2v) is 8.72. The second kappa shape index (κ2) is 9.04. The molecule has 1 aromatic heterocycles. The van der Waals surface area contributed by atoms with E-state index >= 15 is 0 Å². The summed E-state index contributed by atoms with van der Waals surface area (Å²) in [4.78, 5) is 16.1. The Morgan fingerprint density at radius 1 is 1.17 bits per heavy atom. The Labute approximate surface area is 175 Å². The fourth-order valence-corrected chi connectivity index (χ4v) is 5.24. The minimum absolute atomic E-state index is 0.217. The number of halogens is 1. The molecule has 5 heteroatoms. The van der Waals surface area contributed by atoms with Crippen LogP contribution in [0.1, 0.15) is 38.2 Å². The molecule has 1 fully saturated rings. The number of amides is 1.